The molecule has 1 saturated heterocycles. The molecule has 0 radical (unpaired) electrons. The molecule has 4 rings (SSSR count). The summed E-state index contributed by atoms with van der Waals surface area (Å²) in [5.41, 5.74) is 4.29. The second-order valence-corrected chi connectivity index (χ2v) is 11.9. The van der Waals surface area contributed by atoms with Crippen LogP contribution in [0.4, 0.5) is 0 Å². The van der Waals surface area contributed by atoms with Crippen molar-refractivity contribution in [1.29, 1.82) is 0 Å². The lowest BCUT2D eigenvalue weighted by Gasteiger charge is -2.37. The van der Waals surface area contributed by atoms with Gasteiger partial charge in [0.2, 0.25) is 17.7 Å². The molecular weight excluding hydrogens is 476 g/mol. The third-order valence-corrected chi connectivity index (χ3v) is 8.15. The summed E-state index contributed by atoms with van der Waals surface area (Å²) in [6.45, 7) is 8.06. The van der Waals surface area contributed by atoms with Gasteiger partial charge in [-0.1, -0.05) is 51.5 Å². The first-order valence-corrected chi connectivity index (χ1v) is 13.5. The van der Waals surface area contributed by atoms with Crippen LogP contribution in [-0.2, 0) is 20.9 Å². The van der Waals surface area contributed by atoms with Crippen LogP contribution in [0.1, 0.15) is 57.7 Å². The maximum absolute atomic E-state index is 13.6. The molecule has 2 fully saturated rings. The number of carbonyl (C=O) groups excluding carboxylic acids is 3. The standard InChI is InChI=1S/C27H36N4O4S/c1-16-22(36-15-29-16)18-10-8-17(9-11-18)13-28-25(34)21-12-20(32)14-31(21)26(35)23(27(2,3)4)30-24(33)19-6-5-7-19/h8-11,15,19-21,23,32H,5-7,12-14H2,1-4H3,(H,28,34)(H,30,33). The zero-order valence-electron chi connectivity index (χ0n) is 21.4. The Labute approximate surface area is 216 Å². The smallest absolute Gasteiger partial charge is 0.246 e. The lowest BCUT2D eigenvalue weighted by atomic mass is 9.82. The number of hydrogen-bond acceptors (Lipinski definition) is 6. The molecule has 9 heteroatoms. The van der Waals surface area contributed by atoms with E-state index in [1.807, 2.05) is 57.5 Å². The zero-order valence-corrected chi connectivity index (χ0v) is 22.2. The summed E-state index contributed by atoms with van der Waals surface area (Å²) < 4.78 is 0. The summed E-state index contributed by atoms with van der Waals surface area (Å²) >= 11 is 1.59. The van der Waals surface area contributed by atoms with Gasteiger partial charge in [-0.05, 0) is 36.3 Å². The van der Waals surface area contributed by atoms with Gasteiger partial charge in [-0.25, -0.2) is 4.98 Å². The molecule has 3 N–H and O–H groups in total. The largest absolute Gasteiger partial charge is 0.391 e. The highest BCUT2D eigenvalue weighted by molar-refractivity contribution is 7.13. The van der Waals surface area contributed by atoms with E-state index in [1.54, 1.807) is 11.3 Å². The number of benzene rings is 1. The fraction of sp³-hybridized carbons (Fsp3) is 0.556. The molecule has 0 spiro atoms. The predicted molar refractivity (Wildman–Crippen MR) is 139 cm³/mol. The van der Waals surface area contributed by atoms with Gasteiger partial charge in [-0.3, -0.25) is 14.4 Å². The molecule has 0 bridgehead atoms. The molecule has 2 aliphatic rings. The molecule has 2 aromatic rings. The molecule has 1 saturated carbocycles. The fourth-order valence-corrected chi connectivity index (χ4v) is 5.52. The molecule has 36 heavy (non-hydrogen) atoms. The number of β-amino-alcohol motifs (C(OH)–C–C–N with tert-alkyl or cyclic N) is 1. The molecule has 8 nitrogen and oxygen atoms in total. The number of amides is 3. The van der Waals surface area contributed by atoms with Crippen molar-refractivity contribution in [1.82, 2.24) is 20.5 Å². The number of nitrogens with one attached hydrogen (secondary N) is 2. The lowest BCUT2D eigenvalue weighted by molar-refractivity contribution is -0.145. The quantitative estimate of drug-likeness (QED) is 0.528. The number of hydrogen-bond donors (Lipinski definition) is 3. The molecule has 3 amide bonds. The summed E-state index contributed by atoms with van der Waals surface area (Å²) in [4.78, 5) is 46.2. The first-order chi connectivity index (χ1) is 17.0. The van der Waals surface area contributed by atoms with Crippen LogP contribution < -0.4 is 10.6 Å². The van der Waals surface area contributed by atoms with Gasteiger partial charge in [0.05, 0.1) is 22.2 Å². The van der Waals surface area contributed by atoms with Crippen molar-refractivity contribution < 1.29 is 19.5 Å². The molecule has 2 heterocycles. The Balaban J connectivity index is 1.41. The van der Waals surface area contributed by atoms with Crippen LogP contribution in [0.2, 0.25) is 0 Å². The van der Waals surface area contributed by atoms with Gasteiger partial charge >= 0.3 is 0 Å². The summed E-state index contributed by atoms with van der Waals surface area (Å²) in [7, 11) is 0. The summed E-state index contributed by atoms with van der Waals surface area (Å²) in [5, 5.41) is 16.2. The van der Waals surface area contributed by atoms with Crippen LogP contribution >= 0.6 is 11.3 Å². The first-order valence-electron chi connectivity index (χ1n) is 12.6. The van der Waals surface area contributed by atoms with Gasteiger partial charge in [0, 0.05) is 25.4 Å². The van der Waals surface area contributed by atoms with Crippen LogP contribution in [0.15, 0.2) is 29.8 Å². The topological polar surface area (TPSA) is 112 Å². The minimum absolute atomic E-state index is 0.0442. The number of aromatic nitrogens is 1. The summed E-state index contributed by atoms with van der Waals surface area (Å²) in [6.07, 6.45) is 2.11. The van der Waals surface area contributed by atoms with Crippen LogP contribution in [0.3, 0.4) is 0 Å². The van der Waals surface area contributed by atoms with Gasteiger partial charge in [-0.2, -0.15) is 0 Å². The minimum atomic E-state index is -0.783. The monoisotopic (exact) mass is 512 g/mol. The summed E-state index contributed by atoms with van der Waals surface area (Å²) in [6, 6.07) is 6.40. The highest BCUT2D eigenvalue weighted by Gasteiger charge is 2.45. The van der Waals surface area contributed by atoms with Crippen molar-refractivity contribution in [2.45, 2.75) is 78.1 Å². The third-order valence-electron chi connectivity index (χ3n) is 7.17. The average molecular weight is 513 g/mol. The second kappa shape index (κ2) is 10.7. The molecule has 1 aliphatic carbocycles. The van der Waals surface area contributed by atoms with Crippen molar-refractivity contribution in [2.75, 3.05) is 6.54 Å². The van der Waals surface area contributed by atoms with Crippen molar-refractivity contribution in [3.63, 3.8) is 0 Å². The van der Waals surface area contributed by atoms with Gasteiger partial charge < -0.3 is 20.6 Å². The Hall–Kier alpha value is -2.78. The van der Waals surface area contributed by atoms with Gasteiger partial charge in [0.15, 0.2) is 0 Å². The van der Waals surface area contributed by atoms with Crippen molar-refractivity contribution in [2.24, 2.45) is 11.3 Å². The first kappa shape index (κ1) is 26.3. The SMILES string of the molecule is Cc1ncsc1-c1ccc(CNC(=O)C2CC(O)CN2C(=O)C(NC(=O)C2CCC2)C(C)(C)C)cc1. The maximum Gasteiger partial charge on any atom is 0.246 e. The zero-order chi connectivity index (χ0) is 26.0. The van der Waals surface area contributed by atoms with Gasteiger partial charge in [-0.15, -0.1) is 11.3 Å². The van der Waals surface area contributed by atoms with E-state index >= 15 is 0 Å². The van der Waals surface area contributed by atoms with E-state index in [0.717, 1.165) is 41.0 Å². The lowest BCUT2D eigenvalue weighted by Crippen LogP contribution is -2.58. The maximum atomic E-state index is 13.6. The highest BCUT2D eigenvalue weighted by atomic mass is 32.1. The van der Waals surface area contributed by atoms with E-state index in [2.05, 4.69) is 15.6 Å². The normalized spacial score (nSPS) is 21.1. The molecule has 3 unspecified atom stereocenters. The number of aliphatic hydroxyl groups excluding tert-OH is 1. The Kier molecular flexibility index (Phi) is 7.80. The molecule has 194 valence electrons. The number of thiazole rings is 1. The number of aryl methyl sites for hydroxylation is 1. The number of nitrogens with zero attached hydrogens (tertiary/aromatic N) is 2. The van der Waals surface area contributed by atoms with Gasteiger partial charge in [0.1, 0.15) is 12.1 Å². The predicted octanol–water partition coefficient (Wildman–Crippen LogP) is 3.03. The Bertz CT molecular complexity index is 1100. The van der Waals surface area contributed by atoms with Crippen LogP contribution in [0.25, 0.3) is 10.4 Å². The minimum Gasteiger partial charge on any atom is -0.391 e. The van der Waals surface area contributed by atoms with E-state index in [0.29, 0.717) is 6.54 Å². The number of likely N-dealkylation sites (tertiary alicyclic amines) is 1. The molecule has 1 aromatic carbocycles. The number of rotatable bonds is 7. The van der Waals surface area contributed by atoms with E-state index in [-0.39, 0.29) is 36.6 Å². The highest BCUT2D eigenvalue weighted by Crippen LogP contribution is 2.30. The molecular formula is C27H36N4O4S. The third kappa shape index (κ3) is 5.78. The summed E-state index contributed by atoms with van der Waals surface area (Å²) in [5.74, 6) is -0.777. The molecule has 3 atom stereocenters. The van der Waals surface area contributed by atoms with Gasteiger partial charge in [0.25, 0.3) is 0 Å². The Morgan fingerprint density at radius 2 is 1.86 bits per heavy atom. The average Bonchev–Trinajstić information content (AvgIpc) is 3.39. The van der Waals surface area contributed by atoms with Crippen LogP contribution in [-0.4, -0.2) is 57.4 Å². The molecule has 1 aromatic heterocycles. The number of carbonyl (C=O) groups is 3. The van der Waals surface area contributed by atoms with Crippen molar-refractivity contribution in [3.8, 4) is 10.4 Å². The van der Waals surface area contributed by atoms with Crippen molar-refractivity contribution >= 4 is 29.1 Å². The van der Waals surface area contributed by atoms with E-state index < -0.39 is 23.6 Å². The van der Waals surface area contributed by atoms with Crippen molar-refractivity contribution in [3.05, 3.63) is 41.0 Å². The van der Waals surface area contributed by atoms with Crippen LogP contribution in [0.5, 0.6) is 0 Å². The molecule has 1 aliphatic heterocycles. The van der Waals surface area contributed by atoms with E-state index in [1.165, 1.54) is 4.90 Å². The van der Waals surface area contributed by atoms with E-state index in [4.69, 9.17) is 0 Å². The van der Waals surface area contributed by atoms with Crippen LogP contribution in [0, 0.1) is 18.3 Å². The Morgan fingerprint density at radius 1 is 1.17 bits per heavy atom. The fourth-order valence-electron chi connectivity index (χ4n) is 4.71. The number of aliphatic hydroxyl groups is 1. The van der Waals surface area contributed by atoms with E-state index in [9.17, 15) is 19.5 Å². The Morgan fingerprint density at radius 3 is 2.42 bits per heavy atom. The second-order valence-electron chi connectivity index (χ2n) is 11.0.